The number of benzene rings is 2. The molecule has 120 valence electrons. The van der Waals surface area contributed by atoms with Crippen LogP contribution in [-0.2, 0) is 4.79 Å². The van der Waals surface area contributed by atoms with Gasteiger partial charge in [0.1, 0.15) is 11.6 Å². The number of rotatable bonds is 3. The van der Waals surface area contributed by atoms with Gasteiger partial charge in [-0.25, -0.2) is 0 Å². The first-order valence-electron chi connectivity index (χ1n) is 6.84. The molecule has 0 saturated heterocycles. The molecule has 2 aromatic carbocycles. The molecule has 0 unspecified atom stereocenters. The maximum absolute atomic E-state index is 12.2. The minimum Gasteiger partial charge on any atom is -0.454 e. The van der Waals surface area contributed by atoms with E-state index >= 15 is 0 Å². The van der Waals surface area contributed by atoms with Gasteiger partial charge < -0.3 is 14.8 Å². The Balaban J connectivity index is 1.85. The molecular formula is C17H10Cl2N2O3. The van der Waals surface area contributed by atoms with Crippen LogP contribution in [0.25, 0.3) is 6.08 Å². The van der Waals surface area contributed by atoms with Gasteiger partial charge in [0.05, 0.1) is 5.02 Å². The average molecular weight is 361 g/mol. The van der Waals surface area contributed by atoms with Crippen molar-refractivity contribution in [2.45, 2.75) is 0 Å². The van der Waals surface area contributed by atoms with Crippen molar-refractivity contribution in [1.82, 2.24) is 0 Å². The van der Waals surface area contributed by atoms with Crippen molar-refractivity contribution in [2.75, 3.05) is 12.1 Å². The van der Waals surface area contributed by atoms with Crippen molar-refractivity contribution in [3.8, 4) is 17.6 Å². The Hall–Kier alpha value is -2.68. The van der Waals surface area contributed by atoms with Crippen LogP contribution in [-0.4, -0.2) is 12.7 Å². The number of nitriles is 1. The predicted molar refractivity (Wildman–Crippen MR) is 91.2 cm³/mol. The zero-order valence-corrected chi connectivity index (χ0v) is 13.7. The molecule has 0 radical (unpaired) electrons. The van der Waals surface area contributed by atoms with Crippen molar-refractivity contribution >= 4 is 40.9 Å². The van der Waals surface area contributed by atoms with E-state index in [1.807, 2.05) is 6.07 Å². The number of carbonyl (C=O) groups excluding carboxylic acids is 1. The monoisotopic (exact) mass is 360 g/mol. The first-order chi connectivity index (χ1) is 11.6. The van der Waals surface area contributed by atoms with E-state index in [9.17, 15) is 10.1 Å². The summed E-state index contributed by atoms with van der Waals surface area (Å²) in [5.74, 6) is 0.496. The molecule has 2 aromatic rings. The van der Waals surface area contributed by atoms with Crippen molar-refractivity contribution in [3.05, 3.63) is 57.6 Å². The lowest BCUT2D eigenvalue weighted by Crippen LogP contribution is -2.13. The van der Waals surface area contributed by atoms with E-state index in [2.05, 4.69) is 5.32 Å². The van der Waals surface area contributed by atoms with Gasteiger partial charge in [0, 0.05) is 16.8 Å². The lowest BCUT2D eigenvalue weighted by Gasteiger charge is -2.05. The first kappa shape index (κ1) is 16.2. The van der Waals surface area contributed by atoms with Crippen molar-refractivity contribution in [1.29, 1.82) is 5.26 Å². The number of nitrogens with one attached hydrogen (secondary N) is 1. The molecule has 1 aliphatic rings. The topological polar surface area (TPSA) is 71.3 Å². The Bertz CT molecular complexity index is 871. The van der Waals surface area contributed by atoms with Crippen LogP contribution in [0.1, 0.15) is 5.56 Å². The van der Waals surface area contributed by atoms with E-state index in [-0.39, 0.29) is 12.4 Å². The van der Waals surface area contributed by atoms with Gasteiger partial charge in [0.15, 0.2) is 11.5 Å². The standard InChI is InChI=1S/C17H10Cl2N2O3/c18-12-1-3-13(4-2-12)21-17(22)11(8-20)5-10-6-15-16(7-14(10)19)24-9-23-15/h1-7H,9H2,(H,21,22)/b11-5+. The fourth-order valence-corrected chi connectivity index (χ4v) is 2.41. The molecule has 1 amide bonds. The summed E-state index contributed by atoms with van der Waals surface area (Å²) in [6.45, 7) is 0.112. The molecule has 0 aromatic heterocycles. The number of fused-ring (bicyclic) bond motifs is 1. The lowest BCUT2D eigenvalue weighted by molar-refractivity contribution is -0.112. The Morgan fingerprint density at radius 3 is 2.50 bits per heavy atom. The molecule has 7 heteroatoms. The molecule has 1 N–H and O–H groups in total. The molecule has 1 heterocycles. The highest BCUT2D eigenvalue weighted by Gasteiger charge is 2.17. The van der Waals surface area contributed by atoms with Gasteiger partial charge in [-0.2, -0.15) is 5.26 Å². The molecule has 1 aliphatic heterocycles. The largest absolute Gasteiger partial charge is 0.454 e. The molecule has 3 rings (SSSR count). The molecule has 0 atom stereocenters. The van der Waals surface area contributed by atoms with Gasteiger partial charge in [-0.3, -0.25) is 4.79 Å². The zero-order valence-electron chi connectivity index (χ0n) is 12.2. The molecule has 0 spiro atoms. The predicted octanol–water partition coefficient (Wildman–Crippen LogP) is 4.27. The molecule has 0 saturated carbocycles. The van der Waals surface area contributed by atoms with Crippen LogP contribution in [0.4, 0.5) is 5.69 Å². The molecule has 0 aliphatic carbocycles. The third kappa shape index (κ3) is 3.46. The number of ether oxygens (including phenoxy) is 2. The third-order valence-electron chi connectivity index (χ3n) is 3.26. The molecular weight excluding hydrogens is 351 g/mol. The maximum Gasteiger partial charge on any atom is 0.266 e. The molecule has 0 fully saturated rings. The van der Waals surface area contributed by atoms with Gasteiger partial charge in [0.2, 0.25) is 6.79 Å². The van der Waals surface area contributed by atoms with Crippen LogP contribution in [0, 0.1) is 11.3 Å². The van der Waals surface area contributed by atoms with Crippen LogP contribution in [0.3, 0.4) is 0 Å². The summed E-state index contributed by atoms with van der Waals surface area (Å²) in [5.41, 5.74) is 0.928. The van der Waals surface area contributed by atoms with E-state index in [1.165, 1.54) is 6.08 Å². The summed E-state index contributed by atoms with van der Waals surface area (Å²) in [4.78, 5) is 12.2. The van der Waals surface area contributed by atoms with Crippen LogP contribution in [0.2, 0.25) is 10.0 Å². The quantitative estimate of drug-likeness (QED) is 0.655. The fourth-order valence-electron chi connectivity index (χ4n) is 2.08. The Labute approximate surface area is 148 Å². The maximum atomic E-state index is 12.2. The van der Waals surface area contributed by atoms with E-state index < -0.39 is 5.91 Å². The highest BCUT2D eigenvalue weighted by atomic mass is 35.5. The second-order valence-corrected chi connectivity index (χ2v) is 5.70. The minimum atomic E-state index is -0.548. The number of carbonyl (C=O) groups is 1. The first-order valence-corrected chi connectivity index (χ1v) is 7.60. The highest BCUT2D eigenvalue weighted by molar-refractivity contribution is 6.32. The van der Waals surface area contributed by atoms with Crippen molar-refractivity contribution < 1.29 is 14.3 Å². The summed E-state index contributed by atoms with van der Waals surface area (Å²) in [6.07, 6.45) is 1.40. The Morgan fingerprint density at radius 1 is 1.17 bits per heavy atom. The fraction of sp³-hybridized carbons (Fsp3) is 0.0588. The zero-order chi connectivity index (χ0) is 17.1. The summed E-state index contributed by atoms with van der Waals surface area (Å²) >= 11 is 12.0. The number of anilines is 1. The summed E-state index contributed by atoms with van der Waals surface area (Å²) in [5, 5.41) is 12.8. The van der Waals surface area contributed by atoms with Gasteiger partial charge in [0.25, 0.3) is 5.91 Å². The van der Waals surface area contributed by atoms with Crippen LogP contribution < -0.4 is 14.8 Å². The van der Waals surface area contributed by atoms with Crippen molar-refractivity contribution in [3.63, 3.8) is 0 Å². The van der Waals surface area contributed by atoms with E-state index in [1.54, 1.807) is 36.4 Å². The number of halogens is 2. The normalized spacial score (nSPS) is 12.6. The summed E-state index contributed by atoms with van der Waals surface area (Å²) in [7, 11) is 0. The van der Waals surface area contributed by atoms with Gasteiger partial charge in [-0.05, 0) is 42.0 Å². The molecule has 24 heavy (non-hydrogen) atoms. The van der Waals surface area contributed by atoms with Crippen LogP contribution in [0.5, 0.6) is 11.5 Å². The third-order valence-corrected chi connectivity index (χ3v) is 3.84. The van der Waals surface area contributed by atoms with Crippen LogP contribution >= 0.6 is 23.2 Å². The smallest absolute Gasteiger partial charge is 0.266 e. The number of nitrogens with zero attached hydrogens (tertiary/aromatic N) is 1. The van der Waals surface area contributed by atoms with E-state index in [0.717, 1.165) is 0 Å². The average Bonchev–Trinajstić information content (AvgIpc) is 3.01. The van der Waals surface area contributed by atoms with E-state index in [0.29, 0.717) is 32.8 Å². The molecule has 5 nitrogen and oxygen atoms in total. The number of hydrogen-bond acceptors (Lipinski definition) is 4. The SMILES string of the molecule is N#C/C(=C\c1cc2c(cc1Cl)OCO2)C(=O)Nc1ccc(Cl)cc1. The lowest BCUT2D eigenvalue weighted by atomic mass is 10.1. The Kier molecular flexibility index (Phi) is 4.61. The van der Waals surface area contributed by atoms with Crippen molar-refractivity contribution in [2.24, 2.45) is 0 Å². The Morgan fingerprint density at radius 2 is 1.83 bits per heavy atom. The van der Waals surface area contributed by atoms with Gasteiger partial charge in [-0.1, -0.05) is 23.2 Å². The minimum absolute atomic E-state index is 0.0919. The second kappa shape index (κ2) is 6.83. The number of amides is 1. The van der Waals surface area contributed by atoms with E-state index in [4.69, 9.17) is 32.7 Å². The second-order valence-electron chi connectivity index (χ2n) is 4.86. The summed E-state index contributed by atoms with van der Waals surface area (Å²) in [6, 6.07) is 11.6. The van der Waals surface area contributed by atoms with Gasteiger partial charge >= 0.3 is 0 Å². The highest BCUT2D eigenvalue weighted by Crippen LogP contribution is 2.37. The molecule has 0 bridgehead atoms. The number of hydrogen-bond donors (Lipinski definition) is 1. The summed E-state index contributed by atoms with van der Waals surface area (Å²) < 4.78 is 10.5. The van der Waals surface area contributed by atoms with Crippen LogP contribution in [0.15, 0.2) is 42.0 Å². The van der Waals surface area contributed by atoms with Gasteiger partial charge in [-0.15, -0.1) is 0 Å².